The van der Waals surface area contributed by atoms with Gasteiger partial charge in [0.2, 0.25) is 0 Å². The topological polar surface area (TPSA) is 39.1 Å². The van der Waals surface area contributed by atoms with Crippen LogP contribution >= 0.6 is 0 Å². The third kappa shape index (κ3) is 6.36. The number of hydrogen-bond acceptors (Lipinski definition) is 3. The lowest BCUT2D eigenvalue weighted by Crippen LogP contribution is -2.45. The Balaban J connectivity index is 2.38. The van der Waals surface area contributed by atoms with E-state index < -0.39 is 0 Å². The number of nitrogens with zero attached hydrogens (tertiary/aromatic N) is 2. The van der Waals surface area contributed by atoms with Gasteiger partial charge in [0, 0.05) is 12.6 Å². The SMILES string of the molecule is CCC(CC)CN(CC)CCCC(C#N)(CC)NC1CC1. The molecule has 1 aliphatic carbocycles. The third-order valence-electron chi connectivity index (χ3n) is 5.07. The molecular formula is C18H35N3. The second kappa shape index (κ2) is 9.43. The molecule has 0 radical (unpaired) electrons. The van der Waals surface area contributed by atoms with Gasteiger partial charge in [-0.05, 0) is 51.1 Å². The highest BCUT2D eigenvalue weighted by molar-refractivity contribution is 5.09. The van der Waals surface area contributed by atoms with E-state index in [-0.39, 0.29) is 5.54 Å². The summed E-state index contributed by atoms with van der Waals surface area (Å²) in [6, 6.07) is 3.17. The average Bonchev–Trinajstić information content (AvgIpc) is 3.33. The van der Waals surface area contributed by atoms with Crippen molar-refractivity contribution in [1.29, 1.82) is 5.26 Å². The highest BCUT2D eigenvalue weighted by Gasteiger charge is 2.34. The average molecular weight is 293 g/mol. The highest BCUT2D eigenvalue weighted by Crippen LogP contribution is 2.26. The summed E-state index contributed by atoms with van der Waals surface area (Å²) < 4.78 is 0. The van der Waals surface area contributed by atoms with Gasteiger partial charge < -0.3 is 4.90 Å². The number of hydrogen-bond donors (Lipinski definition) is 1. The molecule has 1 atom stereocenters. The fourth-order valence-electron chi connectivity index (χ4n) is 3.03. The molecule has 3 heteroatoms. The first-order chi connectivity index (χ1) is 10.1. The van der Waals surface area contributed by atoms with Crippen LogP contribution in [0.4, 0.5) is 0 Å². The second-order valence-electron chi connectivity index (χ2n) is 6.65. The summed E-state index contributed by atoms with van der Waals surface area (Å²) in [6.45, 7) is 12.4. The normalized spacial score (nSPS) is 18.0. The van der Waals surface area contributed by atoms with Gasteiger partial charge in [-0.1, -0.05) is 40.5 Å². The second-order valence-corrected chi connectivity index (χ2v) is 6.65. The Bertz CT molecular complexity index is 315. The predicted molar refractivity (Wildman–Crippen MR) is 90.2 cm³/mol. The van der Waals surface area contributed by atoms with Crippen LogP contribution in [0.3, 0.4) is 0 Å². The minimum atomic E-state index is -0.282. The van der Waals surface area contributed by atoms with Gasteiger partial charge in [0.05, 0.1) is 6.07 Å². The molecule has 0 amide bonds. The van der Waals surface area contributed by atoms with Crippen LogP contribution in [0.5, 0.6) is 0 Å². The van der Waals surface area contributed by atoms with E-state index in [2.05, 4.69) is 44.0 Å². The molecule has 0 aromatic rings. The van der Waals surface area contributed by atoms with Crippen molar-refractivity contribution >= 4 is 0 Å². The Hall–Kier alpha value is -0.590. The van der Waals surface area contributed by atoms with Crippen LogP contribution in [-0.2, 0) is 0 Å². The van der Waals surface area contributed by atoms with Crippen LogP contribution in [0.25, 0.3) is 0 Å². The molecule has 1 unspecified atom stereocenters. The lowest BCUT2D eigenvalue weighted by Gasteiger charge is -2.29. The zero-order valence-corrected chi connectivity index (χ0v) is 14.6. The first-order valence-corrected chi connectivity index (χ1v) is 9.04. The fourth-order valence-corrected chi connectivity index (χ4v) is 3.03. The largest absolute Gasteiger partial charge is 0.303 e. The van der Waals surface area contributed by atoms with Crippen LogP contribution in [0.1, 0.15) is 72.6 Å². The van der Waals surface area contributed by atoms with Gasteiger partial charge in [-0.15, -0.1) is 0 Å². The van der Waals surface area contributed by atoms with Gasteiger partial charge in [0.25, 0.3) is 0 Å². The van der Waals surface area contributed by atoms with Crippen molar-refractivity contribution in [3.8, 4) is 6.07 Å². The van der Waals surface area contributed by atoms with Crippen LogP contribution in [-0.4, -0.2) is 36.1 Å². The van der Waals surface area contributed by atoms with Crippen molar-refractivity contribution in [2.45, 2.75) is 84.2 Å². The first-order valence-electron chi connectivity index (χ1n) is 9.04. The van der Waals surface area contributed by atoms with E-state index in [9.17, 15) is 5.26 Å². The number of nitrogens with one attached hydrogen (secondary N) is 1. The molecule has 3 nitrogen and oxygen atoms in total. The molecule has 21 heavy (non-hydrogen) atoms. The van der Waals surface area contributed by atoms with Gasteiger partial charge in [-0.2, -0.15) is 5.26 Å². The molecule has 122 valence electrons. The van der Waals surface area contributed by atoms with E-state index in [1.165, 1.54) is 32.2 Å². The minimum absolute atomic E-state index is 0.282. The summed E-state index contributed by atoms with van der Waals surface area (Å²) in [4.78, 5) is 2.56. The molecule has 1 N–H and O–H groups in total. The summed E-state index contributed by atoms with van der Waals surface area (Å²) in [6.07, 6.45) is 8.06. The molecule has 0 aliphatic heterocycles. The maximum absolute atomic E-state index is 9.57. The van der Waals surface area contributed by atoms with Crippen LogP contribution in [0.2, 0.25) is 0 Å². The molecule has 1 saturated carbocycles. The van der Waals surface area contributed by atoms with Crippen molar-refractivity contribution in [2.75, 3.05) is 19.6 Å². The molecule has 0 bridgehead atoms. The molecule has 1 rings (SSSR count). The Morgan fingerprint density at radius 3 is 2.33 bits per heavy atom. The maximum atomic E-state index is 9.57. The van der Waals surface area contributed by atoms with E-state index in [1.807, 2.05) is 0 Å². The Morgan fingerprint density at radius 1 is 1.24 bits per heavy atom. The van der Waals surface area contributed by atoms with Crippen LogP contribution in [0.15, 0.2) is 0 Å². The van der Waals surface area contributed by atoms with Gasteiger partial charge in [-0.25, -0.2) is 0 Å². The standard InChI is InChI=1S/C18H35N3/c1-5-16(6-2)14-21(8-4)13-9-12-18(7-3,15-19)20-17-10-11-17/h16-17,20H,5-14H2,1-4H3. The van der Waals surface area contributed by atoms with Crippen molar-refractivity contribution in [2.24, 2.45) is 5.92 Å². The van der Waals surface area contributed by atoms with Crippen LogP contribution in [0, 0.1) is 17.2 Å². The molecule has 0 spiro atoms. The predicted octanol–water partition coefficient (Wildman–Crippen LogP) is 3.95. The monoisotopic (exact) mass is 293 g/mol. The highest BCUT2D eigenvalue weighted by atomic mass is 15.1. The van der Waals surface area contributed by atoms with E-state index in [0.717, 1.165) is 38.3 Å². The zero-order chi connectivity index (χ0) is 15.7. The smallest absolute Gasteiger partial charge is 0.106 e. The van der Waals surface area contributed by atoms with Crippen molar-refractivity contribution in [1.82, 2.24) is 10.2 Å². The molecule has 1 aliphatic rings. The molecular weight excluding hydrogens is 258 g/mol. The van der Waals surface area contributed by atoms with Crippen LogP contribution < -0.4 is 5.32 Å². The number of nitriles is 1. The van der Waals surface area contributed by atoms with Gasteiger partial charge >= 0.3 is 0 Å². The Kier molecular flexibility index (Phi) is 8.29. The van der Waals surface area contributed by atoms with E-state index in [4.69, 9.17) is 0 Å². The lowest BCUT2D eigenvalue weighted by molar-refractivity contribution is 0.220. The molecule has 1 fully saturated rings. The quantitative estimate of drug-likeness (QED) is 0.592. The Labute approximate surface area is 132 Å². The summed E-state index contributed by atoms with van der Waals surface area (Å²) >= 11 is 0. The summed E-state index contributed by atoms with van der Waals surface area (Å²) in [7, 11) is 0. The van der Waals surface area contributed by atoms with E-state index in [0.29, 0.717) is 6.04 Å². The van der Waals surface area contributed by atoms with Gasteiger partial charge in [0.15, 0.2) is 0 Å². The first kappa shape index (κ1) is 18.5. The molecule has 0 aromatic carbocycles. The number of rotatable bonds is 12. The van der Waals surface area contributed by atoms with Crippen molar-refractivity contribution in [3.63, 3.8) is 0 Å². The summed E-state index contributed by atoms with van der Waals surface area (Å²) in [5, 5.41) is 13.2. The van der Waals surface area contributed by atoms with E-state index in [1.54, 1.807) is 0 Å². The van der Waals surface area contributed by atoms with Gasteiger partial charge in [0.1, 0.15) is 5.54 Å². The fraction of sp³-hybridized carbons (Fsp3) is 0.944. The molecule has 0 aromatic heterocycles. The molecule has 0 saturated heterocycles. The maximum Gasteiger partial charge on any atom is 0.106 e. The van der Waals surface area contributed by atoms with Crippen molar-refractivity contribution < 1.29 is 0 Å². The van der Waals surface area contributed by atoms with Crippen molar-refractivity contribution in [3.05, 3.63) is 0 Å². The van der Waals surface area contributed by atoms with Gasteiger partial charge in [-0.3, -0.25) is 5.32 Å². The molecule has 0 heterocycles. The minimum Gasteiger partial charge on any atom is -0.303 e. The summed E-state index contributed by atoms with van der Waals surface area (Å²) in [5.74, 6) is 0.821. The lowest BCUT2D eigenvalue weighted by atomic mass is 9.91. The summed E-state index contributed by atoms with van der Waals surface area (Å²) in [5.41, 5.74) is -0.282. The van der Waals surface area contributed by atoms with E-state index >= 15 is 0 Å². The third-order valence-corrected chi connectivity index (χ3v) is 5.07. The zero-order valence-electron chi connectivity index (χ0n) is 14.6. The Morgan fingerprint density at radius 2 is 1.90 bits per heavy atom.